The molecule has 1 aromatic heterocycles. The van der Waals surface area contributed by atoms with Crippen molar-refractivity contribution < 1.29 is 4.79 Å². The molecule has 1 N–H and O–H groups in total. The van der Waals surface area contributed by atoms with Gasteiger partial charge in [0.05, 0.1) is 5.39 Å². The lowest BCUT2D eigenvalue weighted by molar-refractivity contribution is 0.0949. The molecule has 0 aliphatic heterocycles. The van der Waals surface area contributed by atoms with Gasteiger partial charge in [-0.25, -0.2) is 10.1 Å². The molecule has 25 heavy (non-hydrogen) atoms. The molecule has 1 aromatic carbocycles. The van der Waals surface area contributed by atoms with E-state index >= 15 is 0 Å². The lowest BCUT2D eigenvalue weighted by Gasteiger charge is -2.18. The summed E-state index contributed by atoms with van der Waals surface area (Å²) in [6.45, 7) is 4.69. The van der Waals surface area contributed by atoms with Crippen molar-refractivity contribution in [3.05, 3.63) is 40.3 Å². The third-order valence-corrected chi connectivity index (χ3v) is 4.69. The van der Waals surface area contributed by atoms with Crippen molar-refractivity contribution in [2.45, 2.75) is 52.5 Å². The summed E-state index contributed by atoms with van der Waals surface area (Å²) in [5, 5.41) is 9.65. The Kier molecular flexibility index (Phi) is 5.26. The first kappa shape index (κ1) is 17.3. The Morgan fingerprint density at radius 2 is 1.96 bits per heavy atom. The fraction of sp³-hybridized carbons (Fsp3) is 0.474. The molecule has 2 aromatic rings. The first-order valence-electron chi connectivity index (χ1n) is 8.95. The second-order valence-corrected chi connectivity index (χ2v) is 6.72. The maximum absolute atomic E-state index is 12.6. The van der Waals surface area contributed by atoms with Crippen molar-refractivity contribution in [1.29, 1.82) is 0 Å². The first-order chi connectivity index (χ1) is 12.1. The number of carbonyl (C=O) groups excluding carboxylic acids is 1. The van der Waals surface area contributed by atoms with Gasteiger partial charge in [0.15, 0.2) is 5.69 Å². The summed E-state index contributed by atoms with van der Waals surface area (Å²) in [5.41, 5.74) is 3.74. The summed E-state index contributed by atoms with van der Waals surface area (Å²) >= 11 is 0. The molecule has 0 radical (unpaired) electrons. The third kappa shape index (κ3) is 3.78. The van der Waals surface area contributed by atoms with E-state index < -0.39 is 0 Å². The Morgan fingerprint density at radius 1 is 1.28 bits per heavy atom. The van der Waals surface area contributed by atoms with Crippen molar-refractivity contribution in [1.82, 2.24) is 15.2 Å². The fourth-order valence-electron chi connectivity index (χ4n) is 3.16. The molecule has 0 bridgehead atoms. The highest BCUT2D eigenvalue weighted by atomic mass is 16.2. The third-order valence-electron chi connectivity index (χ3n) is 4.69. The van der Waals surface area contributed by atoms with E-state index in [-0.39, 0.29) is 17.2 Å². The topological polar surface area (TPSA) is 76.3 Å². The van der Waals surface area contributed by atoms with Gasteiger partial charge in [-0.05, 0) is 44.1 Å². The van der Waals surface area contributed by atoms with Gasteiger partial charge in [0.2, 0.25) is 0 Å². The second-order valence-electron chi connectivity index (χ2n) is 6.72. The molecule has 1 amide bonds. The number of aromatic nitrogens is 2. The van der Waals surface area contributed by atoms with Crippen LogP contribution >= 0.6 is 0 Å². The van der Waals surface area contributed by atoms with Crippen LogP contribution in [0.1, 0.15) is 56.4 Å². The molecule has 1 aliphatic rings. The van der Waals surface area contributed by atoms with Crippen LogP contribution in [0, 0.1) is 5.92 Å². The van der Waals surface area contributed by atoms with Crippen molar-refractivity contribution in [2.24, 2.45) is 11.0 Å². The van der Waals surface area contributed by atoms with Gasteiger partial charge >= 0.3 is 0 Å². The Hall–Kier alpha value is -2.50. The number of aryl methyl sites for hydroxylation is 1. The van der Waals surface area contributed by atoms with Gasteiger partial charge in [-0.3, -0.25) is 9.59 Å². The SMILES string of the molecule is CCCn1nc(C(=O)NN=C2CCC(C)CC2)c2ccccc2c1=O. The van der Waals surface area contributed by atoms with E-state index in [1.807, 2.05) is 6.92 Å². The maximum Gasteiger partial charge on any atom is 0.292 e. The number of amides is 1. The van der Waals surface area contributed by atoms with Crippen molar-refractivity contribution in [3.8, 4) is 0 Å². The van der Waals surface area contributed by atoms with E-state index in [0.29, 0.717) is 17.3 Å². The maximum atomic E-state index is 12.6. The number of hydrogen-bond acceptors (Lipinski definition) is 4. The number of fused-ring (bicyclic) bond motifs is 1. The summed E-state index contributed by atoms with van der Waals surface area (Å²) in [6.07, 6.45) is 4.83. The minimum atomic E-state index is -0.368. The minimum absolute atomic E-state index is 0.165. The van der Waals surface area contributed by atoms with Crippen LogP contribution in [0.25, 0.3) is 10.8 Å². The number of hydrazone groups is 1. The van der Waals surface area contributed by atoms with Crippen LogP contribution < -0.4 is 11.0 Å². The summed E-state index contributed by atoms with van der Waals surface area (Å²) in [5.74, 6) is 0.352. The van der Waals surface area contributed by atoms with Crippen molar-refractivity contribution in [2.75, 3.05) is 0 Å². The minimum Gasteiger partial charge on any atom is -0.267 e. The van der Waals surface area contributed by atoms with Crippen molar-refractivity contribution in [3.63, 3.8) is 0 Å². The van der Waals surface area contributed by atoms with Crippen LogP contribution in [-0.2, 0) is 6.54 Å². The zero-order chi connectivity index (χ0) is 17.8. The molecular formula is C19H24N4O2. The molecule has 1 aliphatic carbocycles. The Morgan fingerprint density at radius 3 is 2.64 bits per heavy atom. The van der Waals surface area contributed by atoms with Crippen LogP contribution in [0.3, 0.4) is 0 Å². The molecule has 6 heteroatoms. The van der Waals surface area contributed by atoms with Crippen LogP contribution in [0.2, 0.25) is 0 Å². The first-order valence-corrected chi connectivity index (χ1v) is 8.95. The number of hydrogen-bond donors (Lipinski definition) is 1. The number of nitrogens with one attached hydrogen (secondary N) is 1. The number of nitrogens with zero attached hydrogens (tertiary/aromatic N) is 3. The highest BCUT2D eigenvalue weighted by Gasteiger charge is 2.17. The molecule has 0 saturated heterocycles. The monoisotopic (exact) mass is 340 g/mol. The molecule has 0 atom stereocenters. The zero-order valence-electron chi connectivity index (χ0n) is 14.8. The van der Waals surface area contributed by atoms with E-state index in [1.165, 1.54) is 4.68 Å². The predicted molar refractivity (Wildman–Crippen MR) is 98.8 cm³/mol. The predicted octanol–water partition coefficient (Wildman–Crippen LogP) is 3.10. The quantitative estimate of drug-likeness (QED) is 0.869. The van der Waals surface area contributed by atoms with Gasteiger partial charge in [0.1, 0.15) is 0 Å². The van der Waals surface area contributed by atoms with Gasteiger partial charge in [0, 0.05) is 17.6 Å². The Balaban J connectivity index is 1.91. The fourth-order valence-corrected chi connectivity index (χ4v) is 3.16. The van der Waals surface area contributed by atoms with Crippen LogP contribution in [0.5, 0.6) is 0 Å². The zero-order valence-corrected chi connectivity index (χ0v) is 14.8. The van der Waals surface area contributed by atoms with Gasteiger partial charge in [-0.2, -0.15) is 10.2 Å². The van der Waals surface area contributed by atoms with Gasteiger partial charge in [0.25, 0.3) is 11.5 Å². The van der Waals surface area contributed by atoms with Crippen LogP contribution in [-0.4, -0.2) is 21.4 Å². The molecular weight excluding hydrogens is 316 g/mol. The number of rotatable bonds is 4. The van der Waals surface area contributed by atoms with Gasteiger partial charge < -0.3 is 0 Å². The lowest BCUT2D eigenvalue weighted by Crippen LogP contribution is -2.29. The summed E-state index contributed by atoms with van der Waals surface area (Å²) < 4.78 is 1.37. The summed E-state index contributed by atoms with van der Waals surface area (Å²) in [7, 11) is 0. The molecule has 6 nitrogen and oxygen atoms in total. The Bertz CT molecular complexity index is 859. The highest BCUT2D eigenvalue weighted by Crippen LogP contribution is 2.21. The number of carbonyl (C=O) groups is 1. The van der Waals surface area contributed by atoms with Crippen LogP contribution in [0.4, 0.5) is 0 Å². The molecule has 1 saturated carbocycles. The molecule has 1 fully saturated rings. The normalized spacial score (nSPS) is 17.5. The van der Waals surface area contributed by atoms with E-state index in [1.54, 1.807) is 24.3 Å². The summed E-state index contributed by atoms with van der Waals surface area (Å²) in [4.78, 5) is 25.1. The summed E-state index contributed by atoms with van der Waals surface area (Å²) in [6, 6.07) is 7.09. The van der Waals surface area contributed by atoms with Crippen LogP contribution in [0.15, 0.2) is 34.2 Å². The van der Waals surface area contributed by atoms with Crippen molar-refractivity contribution >= 4 is 22.4 Å². The number of benzene rings is 1. The largest absolute Gasteiger partial charge is 0.292 e. The standard InChI is InChI=1S/C19H24N4O2/c1-3-12-23-19(25)16-7-5-4-6-15(16)17(22-23)18(24)21-20-14-10-8-13(2)9-11-14/h4-7,13H,3,8-12H2,1-2H3,(H,21,24). The van der Waals surface area contributed by atoms with Gasteiger partial charge in [-0.15, -0.1) is 0 Å². The van der Waals surface area contributed by atoms with E-state index in [9.17, 15) is 9.59 Å². The lowest BCUT2D eigenvalue weighted by atomic mass is 9.90. The molecule has 3 rings (SSSR count). The molecule has 0 unspecified atom stereocenters. The van der Waals surface area contributed by atoms with Gasteiger partial charge in [-0.1, -0.05) is 32.0 Å². The molecule has 0 spiro atoms. The average Bonchev–Trinajstić information content (AvgIpc) is 2.63. The average molecular weight is 340 g/mol. The molecule has 1 heterocycles. The van der Waals surface area contributed by atoms with E-state index in [2.05, 4.69) is 22.5 Å². The van der Waals surface area contributed by atoms with E-state index in [4.69, 9.17) is 0 Å². The highest BCUT2D eigenvalue weighted by molar-refractivity contribution is 6.05. The molecule has 132 valence electrons. The second kappa shape index (κ2) is 7.59. The van der Waals surface area contributed by atoms with E-state index in [0.717, 1.165) is 43.7 Å². The smallest absolute Gasteiger partial charge is 0.267 e. The Labute approximate surface area is 146 Å².